The standard InChI is InChI=1S/C45H38F3N7O7S3/c1-60-32-16-10-28(11-17-32)25-54(26-29-12-18-33(61-2)19-13-29)65(58,59)42-39(64(56,57)35-7-4-6-31(24-35)45(46,47)48)23-22-36(37-8-5-9-38-41(37)50-44(49)63-38)40(42)43-51-52-53-55(43)27-30-14-20-34(62-3)21-15-30/h4-24H,25-27H2,1-3H3,(H2,49,50). The minimum absolute atomic E-state index is 0.0366. The fraction of sp³-hybridized carbons (Fsp3) is 0.156. The summed E-state index contributed by atoms with van der Waals surface area (Å²) in [5.41, 5.74) is 7.19. The van der Waals surface area contributed by atoms with E-state index in [1.165, 1.54) is 43.4 Å². The minimum Gasteiger partial charge on any atom is -0.497 e. The summed E-state index contributed by atoms with van der Waals surface area (Å²) in [6.45, 7) is -0.648. The molecule has 6 aromatic carbocycles. The monoisotopic (exact) mass is 941 g/mol. The van der Waals surface area contributed by atoms with Crippen LogP contribution in [-0.4, -0.2) is 67.7 Å². The van der Waals surface area contributed by atoms with Gasteiger partial charge in [-0.2, -0.15) is 17.5 Å². The van der Waals surface area contributed by atoms with E-state index < -0.39 is 46.3 Å². The second kappa shape index (κ2) is 18.0. The molecule has 0 amide bonds. The van der Waals surface area contributed by atoms with Gasteiger partial charge in [-0.1, -0.05) is 72.0 Å². The van der Waals surface area contributed by atoms with Crippen molar-refractivity contribution in [2.24, 2.45) is 0 Å². The molecule has 20 heteroatoms. The average Bonchev–Trinajstić information content (AvgIpc) is 3.94. The molecule has 8 aromatic rings. The molecular formula is C45H38F3N7O7S3. The van der Waals surface area contributed by atoms with Gasteiger partial charge in [0, 0.05) is 18.7 Å². The van der Waals surface area contributed by atoms with Gasteiger partial charge in [0.2, 0.25) is 19.9 Å². The molecule has 14 nitrogen and oxygen atoms in total. The van der Waals surface area contributed by atoms with E-state index >= 15 is 16.8 Å². The Morgan fingerprint density at radius 1 is 0.708 bits per heavy atom. The first kappa shape index (κ1) is 44.7. The summed E-state index contributed by atoms with van der Waals surface area (Å²) < 4.78 is 124. The van der Waals surface area contributed by atoms with Crippen molar-refractivity contribution < 1.29 is 44.2 Å². The van der Waals surface area contributed by atoms with Crippen LogP contribution in [0.5, 0.6) is 17.2 Å². The number of thiazole rings is 1. The number of nitrogens with two attached hydrogens (primary N) is 1. The number of para-hydroxylation sites is 1. The number of hydrogen-bond acceptors (Lipinski definition) is 13. The lowest BCUT2D eigenvalue weighted by molar-refractivity contribution is -0.137. The van der Waals surface area contributed by atoms with E-state index in [2.05, 4.69) is 20.5 Å². The Kier molecular flexibility index (Phi) is 12.4. The summed E-state index contributed by atoms with van der Waals surface area (Å²) in [5.74, 6) is 1.40. The molecule has 334 valence electrons. The van der Waals surface area contributed by atoms with Crippen LogP contribution in [0.3, 0.4) is 0 Å². The fourth-order valence-electron chi connectivity index (χ4n) is 7.25. The third-order valence-electron chi connectivity index (χ3n) is 10.5. The van der Waals surface area contributed by atoms with E-state index in [4.69, 9.17) is 19.9 Å². The van der Waals surface area contributed by atoms with Crippen LogP contribution in [0.1, 0.15) is 22.3 Å². The maximum atomic E-state index is 16.1. The smallest absolute Gasteiger partial charge is 0.416 e. The Morgan fingerprint density at radius 3 is 1.85 bits per heavy atom. The first-order valence-corrected chi connectivity index (χ1v) is 23.2. The van der Waals surface area contributed by atoms with Crippen LogP contribution in [0, 0.1) is 0 Å². The highest BCUT2D eigenvalue weighted by molar-refractivity contribution is 7.93. The number of alkyl halides is 3. The van der Waals surface area contributed by atoms with Gasteiger partial charge in [0.1, 0.15) is 22.1 Å². The lowest BCUT2D eigenvalue weighted by Gasteiger charge is -2.27. The molecule has 65 heavy (non-hydrogen) atoms. The molecule has 0 saturated heterocycles. The number of benzene rings is 6. The van der Waals surface area contributed by atoms with Gasteiger partial charge in [-0.05, 0) is 99.4 Å². The van der Waals surface area contributed by atoms with E-state index in [0.717, 1.165) is 28.6 Å². The number of nitrogens with zero attached hydrogens (tertiary/aromatic N) is 6. The normalized spacial score (nSPS) is 12.2. The van der Waals surface area contributed by atoms with Crippen LogP contribution in [0.4, 0.5) is 18.3 Å². The van der Waals surface area contributed by atoms with Crippen LogP contribution >= 0.6 is 11.3 Å². The van der Waals surface area contributed by atoms with Gasteiger partial charge in [0.05, 0.1) is 59.0 Å². The molecule has 8 rings (SSSR count). The van der Waals surface area contributed by atoms with Crippen LogP contribution < -0.4 is 19.9 Å². The van der Waals surface area contributed by atoms with Crippen molar-refractivity contribution in [1.29, 1.82) is 0 Å². The van der Waals surface area contributed by atoms with E-state index in [9.17, 15) is 13.2 Å². The summed E-state index contributed by atoms with van der Waals surface area (Å²) in [7, 11) is -5.76. The van der Waals surface area contributed by atoms with E-state index in [1.54, 1.807) is 91.0 Å². The zero-order valence-corrected chi connectivity index (χ0v) is 37.2. The van der Waals surface area contributed by atoms with Crippen LogP contribution in [0.2, 0.25) is 0 Å². The highest BCUT2D eigenvalue weighted by Gasteiger charge is 2.40. The number of fused-ring (bicyclic) bond motifs is 1. The summed E-state index contributed by atoms with van der Waals surface area (Å²) >= 11 is 1.18. The molecule has 0 fully saturated rings. The number of halogens is 3. The number of anilines is 1. The number of sulfone groups is 1. The average molecular weight is 942 g/mol. The molecule has 0 radical (unpaired) electrons. The van der Waals surface area contributed by atoms with Gasteiger partial charge in [0.15, 0.2) is 11.0 Å². The Hall–Kier alpha value is -6.87. The maximum Gasteiger partial charge on any atom is 0.416 e. The maximum absolute atomic E-state index is 16.1. The lowest BCUT2D eigenvalue weighted by Crippen LogP contribution is -2.32. The Labute approximate surface area is 375 Å². The van der Waals surface area contributed by atoms with Gasteiger partial charge in [-0.3, -0.25) is 0 Å². The number of hydrogen-bond donors (Lipinski definition) is 1. The number of ether oxygens (including phenoxy) is 3. The molecule has 0 aliphatic rings. The van der Waals surface area contributed by atoms with Crippen LogP contribution in [0.15, 0.2) is 142 Å². The Morgan fingerprint density at radius 2 is 1.28 bits per heavy atom. The molecule has 2 aromatic heterocycles. The van der Waals surface area contributed by atoms with Crippen molar-refractivity contribution in [2.75, 3.05) is 27.1 Å². The second-order valence-corrected chi connectivity index (χ2v) is 19.4. The molecule has 0 unspecified atom stereocenters. The van der Waals surface area contributed by atoms with E-state index in [-0.39, 0.29) is 41.7 Å². The van der Waals surface area contributed by atoms with Crippen molar-refractivity contribution in [1.82, 2.24) is 29.5 Å². The fourth-order valence-corrected chi connectivity index (χ4v) is 11.7. The summed E-state index contributed by atoms with van der Waals surface area (Å²) in [4.78, 5) is 2.14. The molecule has 0 bridgehead atoms. The second-order valence-electron chi connectivity index (χ2n) is 14.5. The van der Waals surface area contributed by atoms with Crippen molar-refractivity contribution in [3.8, 4) is 39.8 Å². The molecule has 0 spiro atoms. The summed E-state index contributed by atoms with van der Waals surface area (Å²) in [6, 6.07) is 30.9. The van der Waals surface area contributed by atoms with Crippen LogP contribution in [-0.2, 0) is 45.7 Å². The van der Waals surface area contributed by atoms with Gasteiger partial charge in [-0.25, -0.2) is 26.5 Å². The first-order valence-electron chi connectivity index (χ1n) is 19.5. The Bertz CT molecular complexity index is 3190. The summed E-state index contributed by atoms with van der Waals surface area (Å²) in [5, 5.41) is 12.8. The van der Waals surface area contributed by atoms with Gasteiger partial charge >= 0.3 is 6.18 Å². The van der Waals surface area contributed by atoms with Gasteiger partial charge in [0.25, 0.3) is 0 Å². The first-order chi connectivity index (χ1) is 31.1. The molecule has 0 aliphatic heterocycles. The number of nitrogen functional groups attached to an aromatic ring is 1. The van der Waals surface area contributed by atoms with E-state index in [1.807, 2.05) is 0 Å². The predicted molar refractivity (Wildman–Crippen MR) is 238 cm³/mol. The molecule has 2 N–H and O–H groups in total. The quantitative estimate of drug-likeness (QED) is 0.104. The number of tetrazole rings is 1. The van der Waals surface area contributed by atoms with E-state index in [0.29, 0.717) is 55.8 Å². The molecule has 2 heterocycles. The van der Waals surface area contributed by atoms with Gasteiger partial charge in [-0.15, -0.1) is 5.10 Å². The zero-order valence-electron chi connectivity index (χ0n) is 34.7. The number of rotatable bonds is 15. The van der Waals surface area contributed by atoms with Crippen LogP contribution in [0.25, 0.3) is 32.7 Å². The zero-order chi connectivity index (χ0) is 46.1. The summed E-state index contributed by atoms with van der Waals surface area (Å²) in [6.07, 6.45) is -4.93. The highest BCUT2D eigenvalue weighted by Crippen LogP contribution is 2.46. The van der Waals surface area contributed by atoms with Crippen molar-refractivity contribution in [3.63, 3.8) is 0 Å². The molecule has 0 aliphatic carbocycles. The van der Waals surface area contributed by atoms with Crippen molar-refractivity contribution in [2.45, 2.75) is 40.5 Å². The predicted octanol–water partition coefficient (Wildman–Crippen LogP) is 8.52. The minimum atomic E-state index is -5.13. The topological polar surface area (TPSA) is 182 Å². The Balaban J connectivity index is 1.46. The van der Waals surface area contributed by atoms with Crippen molar-refractivity contribution in [3.05, 3.63) is 150 Å². The molecular weight excluding hydrogens is 904 g/mol. The number of methoxy groups -OCH3 is 3. The lowest BCUT2D eigenvalue weighted by atomic mass is 9.98. The largest absolute Gasteiger partial charge is 0.497 e. The van der Waals surface area contributed by atoms with Gasteiger partial charge < -0.3 is 19.9 Å². The number of aromatic nitrogens is 5. The SMILES string of the molecule is COc1ccc(CN(Cc2ccc(OC)cc2)S(=O)(=O)c2c(S(=O)(=O)c3cccc(C(F)(F)F)c3)ccc(-c3cccc4sc(N)nc34)c2-c2nnnn2Cc2ccc(OC)cc2)cc1. The van der Waals surface area contributed by atoms with Crippen molar-refractivity contribution >= 4 is 46.5 Å². The third kappa shape index (κ3) is 9.10. The number of sulfonamides is 1. The molecule has 0 atom stereocenters. The molecule has 0 saturated carbocycles. The highest BCUT2D eigenvalue weighted by atomic mass is 32.2. The third-order valence-corrected chi connectivity index (χ3v) is 15.1.